The fourth-order valence-corrected chi connectivity index (χ4v) is 4.26. The number of nitrogens with zero attached hydrogens (tertiary/aromatic N) is 2. The molecule has 0 saturated carbocycles. The minimum absolute atomic E-state index is 0.0874. The summed E-state index contributed by atoms with van der Waals surface area (Å²) in [5.41, 5.74) is 1.61. The molecule has 0 bridgehead atoms. The Kier molecular flexibility index (Phi) is 6.00. The third-order valence-corrected chi connectivity index (χ3v) is 5.86. The Morgan fingerprint density at radius 1 is 1.17 bits per heavy atom. The molecule has 2 aromatic carbocycles. The summed E-state index contributed by atoms with van der Waals surface area (Å²) in [6.45, 7) is 2.00. The van der Waals surface area contributed by atoms with E-state index in [1.165, 1.54) is 17.6 Å². The molecule has 2 aromatic rings. The summed E-state index contributed by atoms with van der Waals surface area (Å²) in [5, 5.41) is 3.65. The van der Waals surface area contributed by atoms with Crippen molar-refractivity contribution < 1.29 is 13.3 Å². The van der Waals surface area contributed by atoms with Gasteiger partial charge in [0, 0.05) is 3.57 Å². The fourth-order valence-electron chi connectivity index (χ4n) is 2.00. The molecule has 5 nitrogen and oxygen atoms in total. The van der Waals surface area contributed by atoms with Crippen molar-refractivity contribution in [3.05, 3.63) is 57.7 Å². The molecule has 0 radical (unpaired) electrons. The molecule has 0 saturated heterocycles. The zero-order valence-corrected chi connectivity index (χ0v) is 15.8. The molecule has 0 fully saturated rings. The summed E-state index contributed by atoms with van der Waals surface area (Å²) in [6, 6.07) is 14.1. The molecule has 0 aliphatic heterocycles. The number of aryl methyl sites for hydroxylation is 1. The molecule has 0 aliphatic rings. The van der Waals surface area contributed by atoms with Crippen LogP contribution in [0.1, 0.15) is 5.56 Å². The molecule has 0 aliphatic carbocycles. The second-order valence-electron chi connectivity index (χ2n) is 4.77. The average molecular weight is 444 g/mol. The van der Waals surface area contributed by atoms with Gasteiger partial charge in [0.15, 0.2) is 0 Å². The van der Waals surface area contributed by atoms with E-state index in [9.17, 15) is 8.42 Å². The molecule has 0 atom stereocenters. The molecule has 0 unspecified atom stereocenters. The van der Waals surface area contributed by atoms with Crippen molar-refractivity contribution >= 4 is 44.5 Å². The third-order valence-electron chi connectivity index (χ3n) is 3.16. The van der Waals surface area contributed by atoms with Crippen LogP contribution in [0.3, 0.4) is 0 Å². The number of rotatable bonds is 6. The second kappa shape index (κ2) is 7.78. The first-order valence-corrected chi connectivity index (χ1v) is 9.37. The Labute approximate surface area is 150 Å². The highest BCUT2D eigenvalue weighted by atomic mass is 127. The molecule has 122 valence electrons. The maximum atomic E-state index is 13.0. The van der Waals surface area contributed by atoms with Crippen LogP contribution < -0.4 is 4.31 Å². The van der Waals surface area contributed by atoms with Crippen molar-refractivity contribution in [2.75, 3.05) is 18.0 Å². The van der Waals surface area contributed by atoms with Crippen molar-refractivity contribution in [1.29, 1.82) is 0 Å². The van der Waals surface area contributed by atoms with Crippen LogP contribution in [-0.2, 0) is 14.9 Å². The molecule has 0 N–H and O–H groups in total. The predicted molar refractivity (Wildman–Crippen MR) is 100 cm³/mol. The first-order valence-electron chi connectivity index (χ1n) is 6.85. The Balaban J connectivity index is 2.50. The molecule has 0 amide bonds. The molecule has 0 spiro atoms. The number of halogens is 1. The van der Waals surface area contributed by atoms with E-state index in [4.69, 9.17) is 0 Å². The Bertz CT molecular complexity index is 789. The van der Waals surface area contributed by atoms with E-state index < -0.39 is 10.0 Å². The molecular weight excluding hydrogens is 427 g/mol. The monoisotopic (exact) mass is 444 g/mol. The van der Waals surface area contributed by atoms with E-state index >= 15 is 0 Å². The van der Waals surface area contributed by atoms with Gasteiger partial charge in [0.2, 0.25) is 0 Å². The minimum atomic E-state index is -3.69. The summed E-state index contributed by atoms with van der Waals surface area (Å²) < 4.78 is 28.2. The van der Waals surface area contributed by atoms with Gasteiger partial charge in [-0.1, -0.05) is 35.0 Å². The number of hydrogen-bond donors (Lipinski definition) is 0. The van der Waals surface area contributed by atoms with Crippen LogP contribution in [0.4, 0.5) is 5.69 Å². The van der Waals surface area contributed by atoms with Gasteiger partial charge in [-0.2, -0.15) is 0 Å². The van der Waals surface area contributed by atoms with Crippen LogP contribution in [-0.4, -0.2) is 28.3 Å². The van der Waals surface area contributed by atoms with Gasteiger partial charge in [0.25, 0.3) is 10.0 Å². The van der Waals surface area contributed by atoms with E-state index in [0.717, 1.165) is 9.13 Å². The van der Waals surface area contributed by atoms with Gasteiger partial charge in [-0.25, -0.2) is 8.42 Å². The average Bonchev–Trinajstić information content (AvgIpc) is 2.53. The molecular formula is C16H17IN2O3S. The van der Waals surface area contributed by atoms with E-state index in [-0.39, 0.29) is 11.4 Å². The fraction of sp³-hybridized carbons (Fsp3) is 0.188. The number of para-hydroxylation sites is 1. The number of oxime groups is 1. The Hall–Kier alpha value is -1.61. The normalized spacial score (nSPS) is 11.6. The molecule has 0 aromatic heterocycles. The second-order valence-corrected chi connectivity index (χ2v) is 7.80. The first-order chi connectivity index (χ1) is 11.0. The number of anilines is 1. The number of hydrogen-bond acceptors (Lipinski definition) is 4. The van der Waals surface area contributed by atoms with Gasteiger partial charge >= 0.3 is 0 Å². The summed E-state index contributed by atoms with van der Waals surface area (Å²) in [7, 11) is -2.27. The largest absolute Gasteiger partial charge is 0.399 e. The van der Waals surface area contributed by atoms with Crippen LogP contribution in [0.5, 0.6) is 0 Å². The van der Waals surface area contributed by atoms with Crippen molar-refractivity contribution in [3.8, 4) is 0 Å². The van der Waals surface area contributed by atoms with E-state index in [2.05, 4.69) is 32.6 Å². The highest BCUT2D eigenvalue weighted by molar-refractivity contribution is 14.1. The lowest BCUT2D eigenvalue weighted by Crippen LogP contribution is -2.33. The van der Waals surface area contributed by atoms with Gasteiger partial charge in [-0.05, 0) is 53.8 Å². The predicted octanol–water partition coefficient (Wildman–Crippen LogP) is 3.43. The van der Waals surface area contributed by atoms with Crippen LogP contribution in [0.15, 0.2) is 58.6 Å². The van der Waals surface area contributed by atoms with Crippen LogP contribution in [0.25, 0.3) is 0 Å². The van der Waals surface area contributed by atoms with Gasteiger partial charge in [0.1, 0.15) is 7.11 Å². The van der Waals surface area contributed by atoms with Gasteiger partial charge in [-0.15, -0.1) is 0 Å². The smallest absolute Gasteiger partial charge is 0.264 e. The van der Waals surface area contributed by atoms with Gasteiger partial charge in [0.05, 0.1) is 23.3 Å². The van der Waals surface area contributed by atoms with E-state index in [0.29, 0.717) is 5.69 Å². The number of benzene rings is 2. The zero-order chi connectivity index (χ0) is 16.9. The molecule has 2 rings (SSSR count). The van der Waals surface area contributed by atoms with E-state index in [1.54, 1.807) is 30.3 Å². The van der Waals surface area contributed by atoms with Crippen molar-refractivity contribution in [2.45, 2.75) is 11.8 Å². The lowest BCUT2D eigenvalue weighted by molar-refractivity contribution is 0.215. The molecule has 0 heterocycles. The topological polar surface area (TPSA) is 59.0 Å². The van der Waals surface area contributed by atoms with Crippen molar-refractivity contribution in [2.24, 2.45) is 5.16 Å². The third kappa shape index (κ3) is 4.23. The lowest BCUT2D eigenvalue weighted by atomic mass is 10.2. The quantitative estimate of drug-likeness (QED) is 0.390. The van der Waals surface area contributed by atoms with Gasteiger partial charge < -0.3 is 4.84 Å². The summed E-state index contributed by atoms with van der Waals surface area (Å²) in [5.74, 6) is 0. The zero-order valence-electron chi connectivity index (χ0n) is 12.8. The summed E-state index contributed by atoms with van der Waals surface area (Å²) in [4.78, 5) is 4.88. The molecule has 23 heavy (non-hydrogen) atoms. The summed E-state index contributed by atoms with van der Waals surface area (Å²) >= 11 is 2.12. The van der Waals surface area contributed by atoms with Crippen molar-refractivity contribution in [1.82, 2.24) is 0 Å². The first kappa shape index (κ1) is 17.7. The Morgan fingerprint density at radius 3 is 2.43 bits per heavy atom. The maximum absolute atomic E-state index is 13.0. The van der Waals surface area contributed by atoms with E-state index in [1.807, 2.05) is 25.1 Å². The minimum Gasteiger partial charge on any atom is -0.399 e. The van der Waals surface area contributed by atoms with Crippen LogP contribution in [0, 0.1) is 10.5 Å². The van der Waals surface area contributed by atoms with Gasteiger partial charge in [-0.3, -0.25) is 4.31 Å². The van der Waals surface area contributed by atoms with Crippen LogP contribution >= 0.6 is 22.6 Å². The SMILES string of the molecule is CO/N=C/CN(c1ccccc1I)S(=O)(=O)c1ccc(C)cc1. The Morgan fingerprint density at radius 2 is 1.83 bits per heavy atom. The number of sulfonamides is 1. The summed E-state index contributed by atoms with van der Waals surface area (Å²) in [6.07, 6.45) is 1.43. The highest BCUT2D eigenvalue weighted by Gasteiger charge is 2.25. The molecule has 7 heteroatoms. The lowest BCUT2D eigenvalue weighted by Gasteiger charge is -2.24. The van der Waals surface area contributed by atoms with Crippen molar-refractivity contribution in [3.63, 3.8) is 0 Å². The maximum Gasteiger partial charge on any atom is 0.264 e. The van der Waals surface area contributed by atoms with Crippen LogP contribution in [0.2, 0.25) is 0 Å². The highest BCUT2D eigenvalue weighted by Crippen LogP contribution is 2.27. The standard InChI is InChI=1S/C16H17IN2O3S/c1-13-7-9-14(10-8-13)23(20,21)19(12-11-18-22-2)16-6-4-3-5-15(16)17/h3-11H,12H2,1-2H3/b18-11+.